The average Bonchev–Trinajstić information content (AvgIpc) is 3.40. The van der Waals surface area contributed by atoms with E-state index in [2.05, 4.69) is 15.2 Å². The first-order chi connectivity index (χ1) is 12.7. The van der Waals surface area contributed by atoms with E-state index in [4.69, 9.17) is 4.42 Å². The highest BCUT2D eigenvalue weighted by Crippen LogP contribution is 2.31. The lowest BCUT2D eigenvalue weighted by atomic mass is 10.1. The fraction of sp³-hybridized carbons (Fsp3) is 0.350. The van der Waals surface area contributed by atoms with Gasteiger partial charge in [0.2, 0.25) is 17.7 Å². The summed E-state index contributed by atoms with van der Waals surface area (Å²) in [4.78, 5) is 17.9. The summed E-state index contributed by atoms with van der Waals surface area (Å²) in [5.41, 5.74) is 3.18. The quantitative estimate of drug-likeness (QED) is 0.762. The number of carbonyl (C=O) groups excluding carboxylic acids is 1. The van der Waals surface area contributed by atoms with Gasteiger partial charge in [-0.3, -0.25) is 4.79 Å². The number of aromatic amines is 1. The smallest absolute Gasteiger partial charge is 0.247 e. The summed E-state index contributed by atoms with van der Waals surface area (Å²) in [7, 11) is 0. The Hall–Kier alpha value is -2.89. The number of carbonyl (C=O) groups is 1. The van der Waals surface area contributed by atoms with Crippen LogP contribution in [0.25, 0.3) is 11.5 Å². The maximum atomic E-state index is 12.7. The number of rotatable bonds is 5. The number of H-pyrrole nitrogens is 1. The van der Waals surface area contributed by atoms with E-state index in [-0.39, 0.29) is 11.9 Å². The normalized spacial score (nSPS) is 17.0. The molecular formula is C20H22N4O2. The summed E-state index contributed by atoms with van der Waals surface area (Å²) in [6.07, 6.45) is 4.79. The van der Waals surface area contributed by atoms with E-state index in [9.17, 15) is 4.79 Å². The number of hydrogen-bond acceptors (Lipinski definition) is 4. The van der Waals surface area contributed by atoms with Gasteiger partial charge in [-0.25, -0.2) is 0 Å². The first kappa shape index (κ1) is 16.6. The number of nitrogens with zero attached hydrogens (tertiary/aromatic N) is 3. The fourth-order valence-corrected chi connectivity index (χ4v) is 3.46. The lowest BCUT2D eigenvalue weighted by Gasteiger charge is -2.23. The molecule has 0 bridgehead atoms. The lowest BCUT2D eigenvalue weighted by Crippen LogP contribution is -2.30. The zero-order chi connectivity index (χ0) is 17.9. The Bertz CT molecular complexity index is 868. The number of aromatic nitrogens is 3. The standard InChI is InChI=1S/C20H22N4O2/c1-14-6-8-15(9-7-14)20-23-22-18(26-20)10-11-19(25)24-13-3-5-17(24)16-4-2-12-21-16/h2,4,6-9,12,17,21H,3,5,10-11,13H2,1H3/t17-/m1/s1. The second-order valence-corrected chi connectivity index (χ2v) is 6.74. The van der Waals surface area contributed by atoms with Crippen LogP contribution in [0.5, 0.6) is 0 Å². The van der Waals surface area contributed by atoms with Crippen LogP contribution in [-0.2, 0) is 11.2 Å². The zero-order valence-corrected chi connectivity index (χ0v) is 14.8. The van der Waals surface area contributed by atoms with Crippen LogP contribution in [-0.4, -0.2) is 32.5 Å². The minimum Gasteiger partial charge on any atom is -0.421 e. The van der Waals surface area contributed by atoms with Gasteiger partial charge in [-0.1, -0.05) is 17.7 Å². The largest absolute Gasteiger partial charge is 0.421 e. The first-order valence-electron chi connectivity index (χ1n) is 9.03. The molecule has 1 fully saturated rings. The van der Waals surface area contributed by atoms with Gasteiger partial charge in [0.1, 0.15) is 0 Å². The van der Waals surface area contributed by atoms with Crippen LogP contribution in [0.2, 0.25) is 0 Å². The average molecular weight is 350 g/mol. The van der Waals surface area contributed by atoms with Crippen molar-refractivity contribution in [1.82, 2.24) is 20.1 Å². The molecule has 3 aromatic rings. The van der Waals surface area contributed by atoms with Crippen molar-refractivity contribution in [3.8, 4) is 11.5 Å². The SMILES string of the molecule is Cc1ccc(-c2nnc(CCC(=O)N3CCC[C@@H]3c3ccc[nH]3)o2)cc1. The molecule has 2 aromatic heterocycles. The van der Waals surface area contributed by atoms with Crippen LogP contribution < -0.4 is 0 Å². The van der Waals surface area contributed by atoms with Gasteiger partial charge in [0.05, 0.1) is 6.04 Å². The predicted octanol–water partition coefficient (Wildman–Crippen LogP) is 3.67. The molecule has 26 heavy (non-hydrogen) atoms. The van der Waals surface area contributed by atoms with Gasteiger partial charge >= 0.3 is 0 Å². The van der Waals surface area contributed by atoms with Crippen molar-refractivity contribution in [3.63, 3.8) is 0 Å². The van der Waals surface area contributed by atoms with E-state index < -0.39 is 0 Å². The number of benzene rings is 1. The van der Waals surface area contributed by atoms with E-state index in [1.165, 1.54) is 5.56 Å². The van der Waals surface area contributed by atoms with E-state index >= 15 is 0 Å². The Balaban J connectivity index is 1.38. The second kappa shape index (κ2) is 7.15. The third-order valence-corrected chi connectivity index (χ3v) is 4.87. The zero-order valence-electron chi connectivity index (χ0n) is 14.8. The molecule has 0 aliphatic carbocycles. The third-order valence-electron chi connectivity index (χ3n) is 4.87. The van der Waals surface area contributed by atoms with Gasteiger partial charge in [-0.2, -0.15) is 0 Å². The van der Waals surface area contributed by atoms with E-state index in [0.717, 1.165) is 30.6 Å². The van der Waals surface area contributed by atoms with Gasteiger partial charge < -0.3 is 14.3 Å². The van der Waals surface area contributed by atoms with Crippen molar-refractivity contribution in [2.75, 3.05) is 6.54 Å². The molecule has 1 aliphatic heterocycles. The summed E-state index contributed by atoms with van der Waals surface area (Å²) in [6.45, 7) is 2.84. The number of nitrogens with one attached hydrogen (secondary N) is 1. The monoisotopic (exact) mass is 350 g/mol. The molecule has 1 saturated heterocycles. The number of hydrogen-bond donors (Lipinski definition) is 1. The molecule has 0 saturated carbocycles. The van der Waals surface area contributed by atoms with Gasteiger partial charge in [-0.05, 0) is 44.0 Å². The van der Waals surface area contributed by atoms with Crippen LogP contribution in [0.15, 0.2) is 47.0 Å². The first-order valence-corrected chi connectivity index (χ1v) is 9.03. The minimum atomic E-state index is 0.136. The molecule has 3 heterocycles. The van der Waals surface area contributed by atoms with Crippen molar-refractivity contribution >= 4 is 5.91 Å². The van der Waals surface area contributed by atoms with E-state index in [0.29, 0.717) is 24.6 Å². The van der Waals surface area contributed by atoms with Gasteiger partial charge in [0.15, 0.2) is 0 Å². The molecule has 134 valence electrons. The van der Waals surface area contributed by atoms with E-state index in [1.807, 2.05) is 54.4 Å². The lowest BCUT2D eigenvalue weighted by molar-refractivity contribution is -0.132. The highest BCUT2D eigenvalue weighted by Gasteiger charge is 2.30. The molecule has 4 rings (SSSR count). The molecule has 0 spiro atoms. The Labute approximate surface area is 152 Å². The van der Waals surface area contributed by atoms with Crippen molar-refractivity contribution in [1.29, 1.82) is 0 Å². The van der Waals surface area contributed by atoms with Crippen LogP contribution in [0.3, 0.4) is 0 Å². The second-order valence-electron chi connectivity index (χ2n) is 6.74. The number of likely N-dealkylation sites (tertiary alicyclic amines) is 1. The molecule has 6 nitrogen and oxygen atoms in total. The van der Waals surface area contributed by atoms with Crippen molar-refractivity contribution in [2.45, 2.75) is 38.6 Å². The maximum absolute atomic E-state index is 12.7. The molecule has 1 amide bonds. The minimum absolute atomic E-state index is 0.136. The summed E-state index contributed by atoms with van der Waals surface area (Å²) in [6, 6.07) is 12.1. The van der Waals surface area contributed by atoms with Gasteiger partial charge in [-0.15, -0.1) is 10.2 Å². The predicted molar refractivity (Wildman–Crippen MR) is 97.3 cm³/mol. The summed E-state index contributed by atoms with van der Waals surface area (Å²) in [5.74, 6) is 1.14. The Morgan fingerprint density at radius 2 is 2.12 bits per heavy atom. The van der Waals surface area contributed by atoms with Crippen molar-refractivity contribution < 1.29 is 9.21 Å². The maximum Gasteiger partial charge on any atom is 0.247 e. The van der Waals surface area contributed by atoms with E-state index in [1.54, 1.807) is 0 Å². The summed E-state index contributed by atoms with van der Waals surface area (Å²) >= 11 is 0. The summed E-state index contributed by atoms with van der Waals surface area (Å²) < 4.78 is 5.72. The van der Waals surface area contributed by atoms with Gasteiger partial charge in [0, 0.05) is 36.8 Å². The molecule has 1 aliphatic rings. The van der Waals surface area contributed by atoms with Crippen LogP contribution in [0.4, 0.5) is 0 Å². The van der Waals surface area contributed by atoms with Crippen LogP contribution in [0.1, 0.15) is 42.5 Å². The third kappa shape index (κ3) is 3.40. The van der Waals surface area contributed by atoms with Crippen molar-refractivity contribution in [3.05, 3.63) is 59.7 Å². The molecule has 1 N–H and O–H groups in total. The topological polar surface area (TPSA) is 75.0 Å². The highest BCUT2D eigenvalue weighted by atomic mass is 16.4. The number of amides is 1. The van der Waals surface area contributed by atoms with Crippen molar-refractivity contribution in [2.24, 2.45) is 0 Å². The number of aryl methyl sites for hydroxylation is 2. The molecule has 1 aromatic carbocycles. The Morgan fingerprint density at radius 3 is 2.88 bits per heavy atom. The Morgan fingerprint density at radius 1 is 1.27 bits per heavy atom. The summed E-state index contributed by atoms with van der Waals surface area (Å²) in [5, 5.41) is 8.19. The van der Waals surface area contributed by atoms with Crippen LogP contribution >= 0.6 is 0 Å². The molecular weight excluding hydrogens is 328 g/mol. The molecule has 0 radical (unpaired) electrons. The fourth-order valence-electron chi connectivity index (χ4n) is 3.46. The Kier molecular flexibility index (Phi) is 4.56. The van der Waals surface area contributed by atoms with Crippen LogP contribution in [0, 0.1) is 6.92 Å². The molecule has 6 heteroatoms. The molecule has 1 atom stereocenters. The molecule has 0 unspecified atom stereocenters. The van der Waals surface area contributed by atoms with Gasteiger partial charge in [0.25, 0.3) is 0 Å². The highest BCUT2D eigenvalue weighted by molar-refractivity contribution is 5.77.